The Morgan fingerprint density at radius 3 is 3.14 bits per heavy atom. The fourth-order valence-electron chi connectivity index (χ4n) is 2.73. The first-order valence-corrected chi connectivity index (χ1v) is 7.78. The zero-order chi connectivity index (χ0) is 15.8. The van der Waals surface area contributed by atoms with E-state index < -0.39 is 0 Å². The molecule has 0 saturated carbocycles. The number of nitrogens with one attached hydrogen (secondary N) is 1. The van der Waals surface area contributed by atoms with E-state index in [9.17, 15) is 0 Å². The molecule has 1 saturated heterocycles. The molecule has 5 heteroatoms. The number of likely N-dealkylation sites (tertiary alicyclic amines) is 1. The summed E-state index contributed by atoms with van der Waals surface area (Å²) in [5, 5.41) is 12.3. The molecule has 1 unspecified atom stereocenters. The maximum Gasteiger partial charge on any atom is 0.194 e. The van der Waals surface area contributed by atoms with Crippen LogP contribution in [0.3, 0.4) is 0 Å². The average molecular weight is 300 g/mol. The molecule has 0 amide bonds. The molecule has 0 aliphatic carbocycles. The van der Waals surface area contributed by atoms with Crippen LogP contribution in [0.15, 0.2) is 29.3 Å². The van der Waals surface area contributed by atoms with Crippen molar-refractivity contribution in [1.29, 1.82) is 5.26 Å². The van der Waals surface area contributed by atoms with Gasteiger partial charge in [0.05, 0.1) is 24.8 Å². The summed E-state index contributed by atoms with van der Waals surface area (Å²) in [6.07, 6.45) is 1.14. The third-order valence-electron chi connectivity index (χ3n) is 3.79. The summed E-state index contributed by atoms with van der Waals surface area (Å²) >= 11 is 0. The van der Waals surface area contributed by atoms with Crippen LogP contribution in [0.5, 0.6) is 0 Å². The third kappa shape index (κ3) is 4.47. The number of guanidine groups is 1. The molecule has 1 aliphatic rings. The van der Waals surface area contributed by atoms with Crippen molar-refractivity contribution >= 4 is 5.96 Å². The lowest BCUT2D eigenvalue weighted by Crippen LogP contribution is -2.40. The maximum absolute atomic E-state index is 8.96. The molecule has 2 rings (SSSR count). The number of rotatable bonds is 5. The predicted octanol–water partition coefficient (Wildman–Crippen LogP) is 1.99. The van der Waals surface area contributed by atoms with Gasteiger partial charge in [-0.1, -0.05) is 12.1 Å². The highest BCUT2D eigenvalue weighted by Crippen LogP contribution is 2.16. The fourth-order valence-corrected chi connectivity index (χ4v) is 2.73. The Bertz CT molecular complexity index is 550. The molecule has 0 spiro atoms. The molecule has 22 heavy (non-hydrogen) atoms. The van der Waals surface area contributed by atoms with Crippen molar-refractivity contribution in [2.45, 2.75) is 19.9 Å². The van der Waals surface area contributed by atoms with Crippen LogP contribution >= 0.6 is 0 Å². The van der Waals surface area contributed by atoms with Gasteiger partial charge in [-0.2, -0.15) is 5.26 Å². The summed E-state index contributed by atoms with van der Waals surface area (Å²) in [5.74, 6) is 1.53. The maximum atomic E-state index is 8.96. The molecule has 1 aromatic carbocycles. The smallest absolute Gasteiger partial charge is 0.194 e. The second-order valence-corrected chi connectivity index (χ2v) is 5.54. The molecular formula is C17H24N4O. The lowest BCUT2D eigenvalue weighted by molar-refractivity contribution is 0.157. The van der Waals surface area contributed by atoms with E-state index in [0.717, 1.165) is 44.2 Å². The molecule has 5 nitrogen and oxygen atoms in total. The minimum Gasteiger partial charge on any atom is -0.384 e. The highest BCUT2D eigenvalue weighted by Gasteiger charge is 2.24. The van der Waals surface area contributed by atoms with Gasteiger partial charge in [0.2, 0.25) is 0 Å². The van der Waals surface area contributed by atoms with Crippen molar-refractivity contribution in [3.05, 3.63) is 35.4 Å². The largest absolute Gasteiger partial charge is 0.384 e. The van der Waals surface area contributed by atoms with E-state index in [1.165, 1.54) is 0 Å². The molecule has 1 N–H and O–H groups in total. The molecular weight excluding hydrogens is 276 g/mol. The molecule has 118 valence electrons. The molecule has 0 bridgehead atoms. The van der Waals surface area contributed by atoms with Gasteiger partial charge in [0, 0.05) is 32.7 Å². The van der Waals surface area contributed by atoms with Gasteiger partial charge in [-0.25, -0.2) is 4.99 Å². The van der Waals surface area contributed by atoms with Crippen molar-refractivity contribution in [3.8, 4) is 6.07 Å². The zero-order valence-corrected chi connectivity index (χ0v) is 13.4. The molecule has 1 atom stereocenters. The minimum atomic E-state index is 0.579. The van der Waals surface area contributed by atoms with Crippen LogP contribution in [0.2, 0.25) is 0 Å². The van der Waals surface area contributed by atoms with Gasteiger partial charge in [0.25, 0.3) is 0 Å². The minimum absolute atomic E-state index is 0.579. The quantitative estimate of drug-likeness (QED) is 0.667. The van der Waals surface area contributed by atoms with Crippen molar-refractivity contribution in [2.75, 3.05) is 33.4 Å². The van der Waals surface area contributed by atoms with Crippen LogP contribution in [0.1, 0.15) is 24.5 Å². The monoisotopic (exact) mass is 300 g/mol. The van der Waals surface area contributed by atoms with Gasteiger partial charge < -0.3 is 15.0 Å². The standard InChI is InChI=1S/C17H24N4O/c1-3-19-17(21-8-7-16(12-21)13-22-2)20-11-15-6-4-5-14(9-15)10-18/h4-6,9,16H,3,7-8,11-13H2,1-2H3,(H,19,20). The van der Waals surface area contributed by atoms with E-state index in [2.05, 4.69) is 23.2 Å². The summed E-state index contributed by atoms with van der Waals surface area (Å²) < 4.78 is 5.25. The summed E-state index contributed by atoms with van der Waals surface area (Å²) in [6, 6.07) is 9.78. The lowest BCUT2D eigenvalue weighted by atomic mass is 10.1. The Kier molecular flexibility index (Phi) is 6.23. The number of nitrogens with zero attached hydrogens (tertiary/aromatic N) is 3. The molecule has 1 aromatic rings. The average Bonchev–Trinajstić information content (AvgIpc) is 3.00. The normalized spacial score (nSPS) is 18.3. The second-order valence-electron chi connectivity index (χ2n) is 5.54. The van der Waals surface area contributed by atoms with Crippen LogP contribution in [0.25, 0.3) is 0 Å². The number of hydrogen-bond acceptors (Lipinski definition) is 3. The molecule has 1 fully saturated rings. The molecule has 1 heterocycles. The van der Waals surface area contributed by atoms with Gasteiger partial charge in [0.1, 0.15) is 0 Å². The van der Waals surface area contributed by atoms with Crippen molar-refractivity contribution in [1.82, 2.24) is 10.2 Å². The Balaban J connectivity index is 2.02. The lowest BCUT2D eigenvalue weighted by Gasteiger charge is -2.21. The zero-order valence-electron chi connectivity index (χ0n) is 13.4. The van der Waals surface area contributed by atoms with Crippen LogP contribution in [0.4, 0.5) is 0 Å². The number of aliphatic imine (C=N–C) groups is 1. The van der Waals surface area contributed by atoms with Gasteiger partial charge in [-0.05, 0) is 31.0 Å². The highest BCUT2D eigenvalue weighted by atomic mass is 16.5. The Morgan fingerprint density at radius 2 is 2.41 bits per heavy atom. The number of nitriles is 1. The number of benzene rings is 1. The van der Waals surface area contributed by atoms with E-state index in [-0.39, 0.29) is 0 Å². The first-order chi connectivity index (χ1) is 10.8. The van der Waals surface area contributed by atoms with Crippen molar-refractivity contribution in [3.63, 3.8) is 0 Å². The van der Waals surface area contributed by atoms with Crippen molar-refractivity contribution in [2.24, 2.45) is 10.9 Å². The van der Waals surface area contributed by atoms with Crippen LogP contribution in [-0.2, 0) is 11.3 Å². The van der Waals surface area contributed by atoms with Crippen LogP contribution < -0.4 is 5.32 Å². The van der Waals surface area contributed by atoms with Crippen molar-refractivity contribution < 1.29 is 4.74 Å². The second kappa shape index (κ2) is 8.40. The first-order valence-electron chi connectivity index (χ1n) is 7.78. The van der Waals surface area contributed by atoms with Gasteiger partial charge in [-0.3, -0.25) is 0 Å². The SMILES string of the molecule is CCNC(=NCc1cccc(C#N)c1)N1CCC(COC)C1. The van der Waals surface area contributed by atoms with E-state index in [1.54, 1.807) is 7.11 Å². The Hall–Kier alpha value is -2.06. The number of hydrogen-bond donors (Lipinski definition) is 1. The topological polar surface area (TPSA) is 60.7 Å². The van der Waals surface area contributed by atoms with Crippen LogP contribution in [0, 0.1) is 17.2 Å². The first kappa shape index (κ1) is 16.3. The summed E-state index contributed by atoms with van der Waals surface area (Å²) in [6.45, 7) is 6.32. The van der Waals surface area contributed by atoms with Crippen LogP contribution in [-0.4, -0.2) is 44.2 Å². The molecule has 0 aromatic heterocycles. The van der Waals surface area contributed by atoms with Gasteiger partial charge in [-0.15, -0.1) is 0 Å². The summed E-state index contributed by atoms with van der Waals surface area (Å²) in [4.78, 5) is 7.01. The Labute approximate surface area is 132 Å². The van der Waals surface area contributed by atoms with E-state index in [0.29, 0.717) is 18.0 Å². The molecule has 0 radical (unpaired) electrons. The van der Waals surface area contributed by atoms with E-state index in [4.69, 9.17) is 15.0 Å². The number of methoxy groups -OCH3 is 1. The highest BCUT2D eigenvalue weighted by molar-refractivity contribution is 5.80. The number of ether oxygens (including phenoxy) is 1. The van der Waals surface area contributed by atoms with E-state index in [1.807, 2.05) is 24.3 Å². The predicted molar refractivity (Wildman–Crippen MR) is 87.5 cm³/mol. The van der Waals surface area contributed by atoms with E-state index >= 15 is 0 Å². The van der Waals surface area contributed by atoms with Gasteiger partial charge >= 0.3 is 0 Å². The summed E-state index contributed by atoms with van der Waals surface area (Å²) in [5.41, 5.74) is 1.74. The Morgan fingerprint density at radius 1 is 1.55 bits per heavy atom. The summed E-state index contributed by atoms with van der Waals surface area (Å²) in [7, 11) is 1.75. The fraction of sp³-hybridized carbons (Fsp3) is 0.529. The molecule has 1 aliphatic heterocycles. The van der Waals surface area contributed by atoms with Gasteiger partial charge in [0.15, 0.2) is 5.96 Å². The third-order valence-corrected chi connectivity index (χ3v) is 3.79.